The van der Waals surface area contributed by atoms with Crippen LogP contribution >= 0.6 is 11.3 Å². The number of nitrogens with two attached hydrogens (primary N) is 1. The summed E-state index contributed by atoms with van der Waals surface area (Å²) in [6.07, 6.45) is 0. The Morgan fingerprint density at radius 1 is 1.38 bits per heavy atom. The summed E-state index contributed by atoms with van der Waals surface area (Å²) in [6, 6.07) is 1.94. The highest BCUT2D eigenvalue weighted by molar-refractivity contribution is 7.18. The van der Waals surface area contributed by atoms with E-state index < -0.39 is 0 Å². The van der Waals surface area contributed by atoms with Gasteiger partial charge >= 0.3 is 0 Å². The SMILES string of the molecule is Cc1cc(-c2nnc(N)s2)c(C)o1. The Hall–Kier alpha value is -1.36. The van der Waals surface area contributed by atoms with Crippen molar-refractivity contribution in [1.82, 2.24) is 10.2 Å². The number of rotatable bonds is 1. The zero-order valence-electron chi connectivity index (χ0n) is 7.37. The molecule has 0 aliphatic carbocycles. The molecule has 2 aromatic heterocycles. The second-order valence-electron chi connectivity index (χ2n) is 2.77. The summed E-state index contributed by atoms with van der Waals surface area (Å²) >= 11 is 1.36. The zero-order chi connectivity index (χ0) is 9.42. The Morgan fingerprint density at radius 3 is 2.62 bits per heavy atom. The number of aryl methyl sites for hydroxylation is 2. The van der Waals surface area contributed by atoms with Gasteiger partial charge in [-0.25, -0.2) is 0 Å². The van der Waals surface area contributed by atoms with Crippen LogP contribution in [-0.2, 0) is 0 Å². The average molecular weight is 195 g/mol. The quantitative estimate of drug-likeness (QED) is 0.755. The Morgan fingerprint density at radius 2 is 2.15 bits per heavy atom. The fraction of sp³-hybridized carbons (Fsp3) is 0.250. The molecule has 2 heterocycles. The lowest BCUT2D eigenvalue weighted by Gasteiger charge is -1.87. The largest absolute Gasteiger partial charge is 0.466 e. The zero-order valence-corrected chi connectivity index (χ0v) is 8.18. The van der Waals surface area contributed by atoms with E-state index in [9.17, 15) is 0 Å². The molecule has 0 unspecified atom stereocenters. The highest BCUT2D eigenvalue weighted by Gasteiger charge is 2.11. The Kier molecular flexibility index (Phi) is 1.81. The number of hydrogen-bond donors (Lipinski definition) is 1. The van der Waals surface area contributed by atoms with Gasteiger partial charge in [0.15, 0.2) is 5.01 Å². The predicted octanol–water partition coefficient (Wildman–Crippen LogP) is 2.00. The number of nitrogen functional groups attached to an aromatic ring is 1. The molecule has 4 nitrogen and oxygen atoms in total. The molecule has 0 atom stereocenters. The average Bonchev–Trinajstić information content (AvgIpc) is 2.58. The molecule has 2 N–H and O–H groups in total. The predicted molar refractivity (Wildman–Crippen MR) is 51.5 cm³/mol. The first kappa shape index (κ1) is 8.25. The van der Waals surface area contributed by atoms with Crippen molar-refractivity contribution < 1.29 is 4.42 Å². The normalized spacial score (nSPS) is 10.6. The van der Waals surface area contributed by atoms with E-state index in [4.69, 9.17) is 10.2 Å². The van der Waals surface area contributed by atoms with Crippen molar-refractivity contribution >= 4 is 16.5 Å². The van der Waals surface area contributed by atoms with Gasteiger partial charge in [0.2, 0.25) is 5.13 Å². The van der Waals surface area contributed by atoms with Crippen LogP contribution in [0.5, 0.6) is 0 Å². The third-order valence-electron chi connectivity index (χ3n) is 1.71. The first-order valence-corrected chi connectivity index (χ1v) is 4.65. The molecule has 0 spiro atoms. The fourth-order valence-electron chi connectivity index (χ4n) is 1.19. The van der Waals surface area contributed by atoms with Gasteiger partial charge in [0.05, 0.1) is 5.56 Å². The van der Waals surface area contributed by atoms with E-state index in [1.807, 2.05) is 19.9 Å². The maximum atomic E-state index is 5.49. The summed E-state index contributed by atoms with van der Waals surface area (Å²) in [5, 5.41) is 8.98. The molecule has 0 fully saturated rings. The molecular weight excluding hydrogens is 186 g/mol. The van der Waals surface area contributed by atoms with Crippen molar-refractivity contribution in [2.45, 2.75) is 13.8 Å². The third-order valence-corrected chi connectivity index (χ3v) is 2.50. The minimum Gasteiger partial charge on any atom is -0.466 e. The molecule has 0 aliphatic rings. The molecule has 0 bridgehead atoms. The number of furan rings is 1. The minimum absolute atomic E-state index is 0.480. The van der Waals surface area contributed by atoms with Gasteiger partial charge in [-0.2, -0.15) is 0 Å². The second kappa shape index (κ2) is 2.85. The molecule has 0 saturated heterocycles. The summed E-state index contributed by atoms with van der Waals surface area (Å²) in [5.74, 6) is 1.73. The number of nitrogens with zero attached hydrogens (tertiary/aromatic N) is 2. The van der Waals surface area contributed by atoms with E-state index in [0.717, 1.165) is 22.1 Å². The topological polar surface area (TPSA) is 64.9 Å². The van der Waals surface area contributed by atoms with Crippen LogP contribution in [0.25, 0.3) is 10.6 Å². The van der Waals surface area contributed by atoms with Crippen molar-refractivity contribution in [3.63, 3.8) is 0 Å². The van der Waals surface area contributed by atoms with Crippen molar-refractivity contribution in [2.24, 2.45) is 0 Å². The van der Waals surface area contributed by atoms with Crippen molar-refractivity contribution in [3.05, 3.63) is 17.6 Å². The van der Waals surface area contributed by atoms with Crippen LogP contribution in [0, 0.1) is 13.8 Å². The van der Waals surface area contributed by atoms with Crippen LogP contribution in [0.1, 0.15) is 11.5 Å². The molecular formula is C8H9N3OS. The highest BCUT2D eigenvalue weighted by atomic mass is 32.1. The molecule has 0 saturated carbocycles. The lowest BCUT2D eigenvalue weighted by atomic mass is 10.2. The summed E-state index contributed by atoms with van der Waals surface area (Å²) < 4.78 is 5.38. The molecule has 0 aliphatic heterocycles. The van der Waals surface area contributed by atoms with Gasteiger partial charge in [-0.3, -0.25) is 0 Å². The highest BCUT2D eigenvalue weighted by Crippen LogP contribution is 2.29. The van der Waals surface area contributed by atoms with Gasteiger partial charge in [0, 0.05) is 0 Å². The molecule has 68 valence electrons. The van der Waals surface area contributed by atoms with Crippen LogP contribution in [0.4, 0.5) is 5.13 Å². The first-order valence-electron chi connectivity index (χ1n) is 3.83. The van der Waals surface area contributed by atoms with Crippen molar-refractivity contribution in [3.8, 4) is 10.6 Å². The summed E-state index contributed by atoms with van der Waals surface area (Å²) in [7, 11) is 0. The third kappa shape index (κ3) is 1.42. The first-order chi connectivity index (χ1) is 6.16. The van der Waals surface area contributed by atoms with E-state index in [-0.39, 0.29) is 0 Å². The molecule has 0 aromatic carbocycles. The van der Waals surface area contributed by atoms with Crippen LogP contribution in [-0.4, -0.2) is 10.2 Å². The lowest BCUT2D eigenvalue weighted by molar-refractivity contribution is 0.505. The van der Waals surface area contributed by atoms with Gasteiger partial charge in [0.25, 0.3) is 0 Å². The van der Waals surface area contributed by atoms with Gasteiger partial charge in [-0.15, -0.1) is 10.2 Å². The number of anilines is 1. The van der Waals surface area contributed by atoms with Gasteiger partial charge in [-0.05, 0) is 19.9 Å². The maximum absolute atomic E-state index is 5.49. The van der Waals surface area contributed by atoms with Gasteiger partial charge < -0.3 is 10.2 Å². The van der Waals surface area contributed by atoms with Crippen LogP contribution in [0.2, 0.25) is 0 Å². The standard InChI is InChI=1S/C8H9N3OS/c1-4-3-6(5(2)12-4)7-10-11-8(9)13-7/h3H,1-2H3,(H2,9,11). The summed E-state index contributed by atoms with van der Waals surface area (Å²) in [4.78, 5) is 0. The molecule has 2 aromatic rings. The van der Waals surface area contributed by atoms with Crippen LogP contribution in [0.3, 0.4) is 0 Å². The monoisotopic (exact) mass is 195 g/mol. The van der Waals surface area contributed by atoms with E-state index in [1.54, 1.807) is 0 Å². The summed E-state index contributed by atoms with van der Waals surface area (Å²) in [6.45, 7) is 3.81. The van der Waals surface area contributed by atoms with Gasteiger partial charge in [0.1, 0.15) is 11.5 Å². The van der Waals surface area contributed by atoms with E-state index in [1.165, 1.54) is 11.3 Å². The maximum Gasteiger partial charge on any atom is 0.203 e. The van der Waals surface area contributed by atoms with Gasteiger partial charge in [-0.1, -0.05) is 11.3 Å². The van der Waals surface area contributed by atoms with Crippen LogP contribution < -0.4 is 5.73 Å². The number of hydrogen-bond acceptors (Lipinski definition) is 5. The Balaban J connectivity index is 2.51. The van der Waals surface area contributed by atoms with Crippen molar-refractivity contribution in [2.75, 3.05) is 5.73 Å². The Labute approximate surface area is 79.4 Å². The summed E-state index contributed by atoms with van der Waals surface area (Å²) in [5.41, 5.74) is 6.47. The molecule has 13 heavy (non-hydrogen) atoms. The molecule has 0 radical (unpaired) electrons. The lowest BCUT2D eigenvalue weighted by Crippen LogP contribution is -1.80. The van der Waals surface area contributed by atoms with E-state index in [2.05, 4.69) is 10.2 Å². The molecule has 5 heteroatoms. The Bertz CT molecular complexity index is 432. The fourth-order valence-corrected chi connectivity index (χ4v) is 1.86. The van der Waals surface area contributed by atoms with Crippen molar-refractivity contribution in [1.29, 1.82) is 0 Å². The van der Waals surface area contributed by atoms with Crippen LogP contribution in [0.15, 0.2) is 10.5 Å². The van der Waals surface area contributed by atoms with E-state index >= 15 is 0 Å². The smallest absolute Gasteiger partial charge is 0.203 e. The van der Waals surface area contributed by atoms with E-state index in [0.29, 0.717) is 5.13 Å². The second-order valence-corrected chi connectivity index (χ2v) is 3.78. The number of aromatic nitrogens is 2. The molecule has 0 amide bonds. The minimum atomic E-state index is 0.480. The molecule has 2 rings (SSSR count).